The normalized spacial score (nSPS) is 10.1. The van der Waals surface area contributed by atoms with Gasteiger partial charge >= 0.3 is 23.9 Å². The monoisotopic (exact) mass is 1310 g/mol. The summed E-state index contributed by atoms with van der Waals surface area (Å²) in [6, 6.07) is 72.9. The predicted molar refractivity (Wildman–Crippen MR) is 369 cm³/mol. The van der Waals surface area contributed by atoms with Crippen molar-refractivity contribution in [3.05, 3.63) is 273 Å². The molecule has 4 heterocycles. The van der Waals surface area contributed by atoms with Crippen LogP contribution >= 0.6 is 56.9 Å². The van der Waals surface area contributed by atoms with Crippen molar-refractivity contribution in [3.8, 4) is 41.8 Å². The number of carbonyl (C=O) groups excluding carboxylic acids is 6. The van der Waals surface area contributed by atoms with Crippen LogP contribution < -0.4 is 20.9 Å². The predicted octanol–water partition coefficient (Wildman–Crippen LogP) is 17.0. The summed E-state index contributed by atoms with van der Waals surface area (Å²) in [5.41, 5.74) is 13.7. The van der Waals surface area contributed by atoms with Gasteiger partial charge in [-0.25, -0.2) is 19.2 Å². The third kappa shape index (κ3) is 18.4. The first-order chi connectivity index (χ1) is 44.0. The number of carbonyl (C=O) groups is 7. The minimum absolute atomic E-state index is 0.153. The highest BCUT2D eigenvalue weighted by Crippen LogP contribution is 2.40. The fourth-order valence-electron chi connectivity index (χ4n) is 8.45. The van der Waals surface area contributed by atoms with Gasteiger partial charge in [0.15, 0.2) is 0 Å². The van der Waals surface area contributed by atoms with Crippen LogP contribution in [0, 0.1) is 0 Å². The average molecular weight is 1310 g/mol. The number of ether oxygens (including phenoxy) is 3. The molecular weight excluding hydrogens is 1250 g/mol. The highest BCUT2D eigenvalue weighted by molar-refractivity contribution is 7.19. The first-order valence-electron chi connectivity index (χ1n) is 27.6. The summed E-state index contributed by atoms with van der Waals surface area (Å²) < 4.78 is 14.3. The molecule has 0 aliphatic rings. The SMILES string of the molecule is CN(C(=O)c1ccccc1)c1cc(-c2ccccc2)sc1C(=O)O.CNc1cc(-c2ccccc2)sc1C(=O)OC.COC(=O)c1sc(-c2ccccc2)cc1N.COC(=O)c1sc(-c2ccccc2)cc1N(C)C(=O)c1ccccc1.O=C(Cl)c1ccccc1. The van der Waals surface area contributed by atoms with Gasteiger partial charge in [-0.05, 0) is 82.4 Å². The molecule has 0 atom stereocenters. The fraction of sp³-hybridized carbons (Fsp3) is 0.0845. The summed E-state index contributed by atoms with van der Waals surface area (Å²) in [6.07, 6.45) is 0. The van der Waals surface area contributed by atoms with Crippen LogP contribution in [0.1, 0.15) is 69.8 Å². The Hall–Kier alpha value is -10.3. The second kappa shape index (κ2) is 33.9. The number of amides is 2. The van der Waals surface area contributed by atoms with E-state index in [2.05, 4.69) is 10.1 Å². The molecule has 0 saturated heterocycles. The van der Waals surface area contributed by atoms with Crippen molar-refractivity contribution in [1.82, 2.24) is 0 Å². The summed E-state index contributed by atoms with van der Waals surface area (Å²) in [5.74, 6) is -2.59. The maximum atomic E-state index is 12.7. The molecule has 11 rings (SSSR count). The van der Waals surface area contributed by atoms with Crippen LogP contribution in [0.25, 0.3) is 41.8 Å². The Labute approximate surface area is 547 Å². The highest BCUT2D eigenvalue weighted by Gasteiger charge is 2.26. The van der Waals surface area contributed by atoms with Gasteiger partial charge in [0, 0.05) is 57.3 Å². The number of nitrogens with one attached hydrogen (secondary N) is 1. The van der Waals surface area contributed by atoms with E-state index in [0.29, 0.717) is 48.4 Å². The lowest BCUT2D eigenvalue weighted by molar-refractivity contribution is 0.0598. The number of rotatable bonds is 14. The second-order valence-electron chi connectivity index (χ2n) is 19.0. The highest BCUT2D eigenvalue weighted by atomic mass is 35.5. The van der Waals surface area contributed by atoms with Gasteiger partial charge in [0.1, 0.15) is 19.5 Å². The van der Waals surface area contributed by atoms with Crippen LogP contribution in [-0.2, 0) is 14.2 Å². The Kier molecular flexibility index (Phi) is 25.4. The zero-order valence-electron chi connectivity index (χ0n) is 50.0. The van der Waals surface area contributed by atoms with Gasteiger partial charge in [-0.3, -0.25) is 14.4 Å². The average Bonchev–Trinajstić information content (AvgIpc) is 1.85. The van der Waals surface area contributed by atoms with Crippen molar-refractivity contribution in [3.63, 3.8) is 0 Å². The maximum absolute atomic E-state index is 12.7. The van der Waals surface area contributed by atoms with E-state index in [1.54, 1.807) is 93.9 Å². The number of esters is 3. The van der Waals surface area contributed by atoms with E-state index in [-0.39, 0.29) is 28.6 Å². The van der Waals surface area contributed by atoms with Gasteiger partial charge in [-0.15, -0.1) is 45.3 Å². The Morgan fingerprint density at radius 1 is 0.407 bits per heavy atom. The third-order valence-corrected chi connectivity index (χ3v) is 18.0. The number of methoxy groups -OCH3 is 3. The number of carboxylic acid groups (broad SMARTS) is 1. The minimum Gasteiger partial charge on any atom is -0.477 e. The number of halogens is 1. The third-order valence-electron chi connectivity index (χ3n) is 13.1. The number of benzene rings is 7. The van der Waals surface area contributed by atoms with E-state index in [0.717, 1.165) is 47.4 Å². The van der Waals surface area contributed by atoms with Crippen LogP contribution in [0.5, 0.6) is 0 Å². The first kappa shape index (κ1) is 68.2. The Balaban J connectivity index is 0.000000167. The quantitative estimate of drug-likeness (QED) is 0.0526. The standard InChI is InChI=1S/C20H17NO3S.C19H15NO3S.C13H13NO2S.C12H11NO2S.C7H5ClO/c1-21(19(22)15-11-7-4-8-12-15)16-13-17(14-9-5-3-6-10-14)25-18(16)20(23)24-2;1-20(18(21)14-10-6-3-7-11-14)15-12-16(24-17(15)19(22)23)13-8-4-2-5-9-13;1-14-10-8-11(9-6-4-3-5-7-9)17-12(10)13(15)16-2;1-15-12(14)11-9(13)7-10(16-11)8-5-3-2-4-6-8;8-7(9)6-4-2-1-3-5-6/h3-13H,1-2H3;2-12H,1H3,(H,22,23);3-8,14H,1-2H3;2-7H,13H2,1H3;1-5H. The lowest BCUT2D eigenvalue weighted by atomic mass is 10.1. The fourth-order valence-corrected chi connectivity index (χ4v) is 12.8. The number of anilines is 4. The van der Waals surface area contributed by atoms with Gasteiger partial charge < -0.3 is 40.2 Å². The molecule has 11 aromatic rings. The summed E-state index contributed by atoms with van der Waals surface area (Å²) in [4.78, 5) is 90.8. The summed E-state index contributed by atoms with van der Waals surface area (Å²) in [6.45, 7) is 0. The molecule has 7 aromatic carbocycles. The molecule has 0 unspecified atom stereocenters. The Bertz CT molecular complexity index is 4200. The van der Waals surface area contributed by atoms with E-state index >= 15 is 0 Å². The summed E-state index contributed by atoms with van der Waals surface area (Å²) in [5, 5.41) is 12.1. The summed E-state index contributed by atoms with van der Waals surface area (Å²) in [7, 11) is 9.14. The zero-order chi connectivity index (χ0) is 65.4. The molecule has 462 valence electrons. The number of nitrogens with zero attached hydrogens (tertiary/aromatic N) is 2. The van der Waals surface area contributed by atoms with Crippen LogP contribution in [-0.4, -0.2) is 88.5 Å². The number of thiophene rings is 4. The van der Waals surface area contributed by atoms with Crippen LogP contribution in [0.15, 0.2) is 237 Å². The molecule has 0 saturated carbocycles. The Morgan fingerprint density at radius 3 is 1.03 bits per heavy atom. The van der Waals surface area contributed by atoms with E-state index in [4.69, 9.17) is 26.8 Å². The number of hydrogen-bond donors (Lipinski definition) is 3. The first-order valence-corrected chi connectivity index (χ1v) is 31.2. The van der Waals surface area contributed by atoms with Gasteiger partial charge in [0.2, 0.25) is 0 Å². The molecule has 0 aliphatic heterocycles. The smallest absolute Gasteiger partial charge is 0.350 e. The van der Waals surface area contributed by atoms with E-state index in [1.807, 2.05) is 164 Å². The molecule has 4 N–H and O–H groups in total. The van der Waals surface area contributed by atoms with Gasteiger partial charge in [0.25, 0.3) is 17.1 Å². The summed E-state index contributed by atoms with van der Waals surface area (Å²) >= 11 is 10.4. The van der Waals surface area contributed by atoms with E-state index in [9.17, 15) is 38.7 Å². The molecule has 15 nitrogen and oxygen atoms in total. The van der Waals surface area contributed by atoms with Crippen LogP contribution in [0.3, 0.4) is 0 Å². The van der Waals surface area contributed by atoms with Crippen molar-refractivity contribution < 1.29 is 52.9 Å². The van der Waals surface area contributed by atoms with E-state index < -0.39 is 17.2 Å². The largest absolute Gasteiger partial charge is 0.477 e. The number of aromatic carboxylic acids is 1. The van der Waals surface area contributed by atoms with Crippen molar-refractivity contribution in [2.24, 2.45) is 0 Å². The van der Waals surface area contributed by atoms with Gasteiger partial charge in [-0.2, -0.15) is 0 Å². The number of carboxylic acids is 1. The van der Waals surface area contributed by atoms with Crippen molar-refractivity contribution in [1.29, 1.82) is 0 Å². The van der Waals surface area contributed by atoms with Crippen molar-refractivity contribution >= 4 is 121 Å². The number of nitrogens with two attached hydrogens (primary N) is 1. The molecule has 2 amide bonds. The molecule has 20 heteroatoms. The minimum atomic E-state index is -1.04. The lowest BCUT2D eigenvalue weighted by Gasteiger charge is -2.17. The number of hydrogen-bond acceptors (Lipinski definition) is 16. The molecule has 4 aromatic heterocycles. The lowest BCUT2D eigenvalue weighted by Crippen LogP contribution is -2.27. The van der Waals surface area contributed by atoms with Crippen molar-refractivity contribution in [2.75, 3.05) is 63.3 Å². The Morgan fingerprint density at radius 2 is 0.692 bits per heavy atom. The molecule has 0 bridgehead atoms. The second-order valence-corrected chi connectivity index (χ2v) is 23.5. The molecule has 0 radical (unpaired) electrons. The molecule has 0 aliphatic carbocycles. The van der Waals surface area contributed by atoms with Gasteiger partial charge in [-0.1, -0.05) is 188 Å². The number of nitrogen functional groups attached to an aromatic ring is 1. The van der Waals surface area contributed by atoms with E-state index in [1.165, 1.54) is 76.5 Å². The maximum Gasteiger partial charge on any atom is 0.350 e. The molecule has 0 spiro atoms. The molecule has 0 fully saturated rings. The molecular formula is C71H61ClN4O11S4. The topological polar surface area (TPSA) is 212 Å². The van der Waals surface area contributed by atoms with Gasteiger partial charge in [0.05, 0.1) is 44.1 Å². The van der Waals surface area contributed by atoms with Crippen LogP contribution in [0.4, 0.5) is 22.7 Å². The van der Waals surface area contributed by atoms with Crippen LogP contribution in [0.2, 0.25) is 0 Å². The zero-order valence-corrected chi connectivity index (χ0v) is 54.1. The van der Waals surface area contributed by atoms with Crippen molar-refractivity contribution in [2.45, 2.75) is 0 Å². The molecule has 91 heavy (non-hydrogen) atoms.